The Morgan fingerprint density at radius 2 is 1.95 bits per heavy atom. The van der Waals surface area contributed by atoms with Gasteiger partial charge in [0.2, 0.25) is 0 Å². The molecule has 0 amide bonds. The van der Waals surface area contributed by atoms with Gasteiger partial charge in [0.15, 0.2) is 0 Å². The number of piperazine rings is 1. The van der Waals surface area contributed by atoms with Crippen LogP contribution in [-0.2, 0) is 0 Å². The Morgan fingerprint density at radius 1 is 1.26 bits per heavy atom. The molecule has 1 aliphatic heterocycles. The maximum Gasteiger partial charge on any atom is 0.118 e. The Kier molecular flexibility index (Phi) is 5.63. The van der Waals surface area contributed by atoms with E-state index in [-0.39, 0.29) is 6.10 Å². The monoisotopic (exact) mass is 264 g/mol. The molecule has 1 heterocycles. The maximum atomic E-state index is 10.1. The predicted octanol–water partition coefficient (Wildman–Crippen LogP) is 1.41. The van der Waals surface area contributed by atoms with Crippen molar-refractivity contribution in [3.8, 4) is 5.75 Å². The fourth-order valence-corrected chi connectivity index (χ4v) is 2.44. The first-order chi connectivity index (χ1) is 9.29. The molecule has 2 rings (SSSR count). The highest BCUT2D eigenvalue weighted by molar-refractivity contribution is 5.28. The lowest BCUT2D eigenvalue weighted by atomic mass is 10.0. The molecule has 0 radical (unpaired) electrons. The lowest BCUT2D eigenvalue weighted by Crippen LogP contribution is -2.43. The van der Waals surface area contributed by atoms with E-state index in [1.807, 2.05) is 24.3 Å². The van der Waals surface area contributed by atoms with E-state index in [2.05, 4.69) is 10.2 Å². The number of methoxy groups -OCH3 is 1. The molecule has 1 aromatic carbocycles. The number of aliphatic hydroxyl groups is 1. The Morgan fingerprint density at radius 3 is 2.58 bits per heavy atom. The minimum atomic E-state index is -0.367. The summed E-state index contributed by atoms with van der Waals surface area (Å²) in [5.74, 6) is 0.830. The molecule has 2 N–H and O–H groups in total. The normalized spacial score (nSPS) is 18.2. The van der Waals surface area contributed by atoms with Crippen molar-refractivity contribution in [1.29, 1.82) is 0 Å². The molecule has 4 nitrogen and oxygen atoms in total. The van der Waals surface area contributed by atoms with Crippen molar-refractivity contribution in [2.45, 2.75) is 18.9 Å². The molecule has 1 atom stereocenters. The largest absolute Gasteiger partial charge is 0.497 e. The Bertz CT molecular complexity index is 361. The third kappa shape index (κ3) is 4.49. The van der Waals surface area contributed by atoms with Gasteiger partial charge in [0.05, 0.1) is 13.2 Å². The minimum Gasteiger partial charge on any atom is -0.497 e. The zero-order chi connectivity index (χ0) is 13.5. The summed E-state index contributed by atoms with van der Waals surface area (Å²) >= 11 is 0. The number of aliphatic hydroxyl groups excluding tert-OH is 1. The molecule has 1 saturated heterocycles. The van der Waals surface area contributed by atoms with Crippen molar-refractivity contribution in [3.63, 3.8) is 0 Å². The Hall–Kier alpha value is -1.10. The van der Waals surface area contributed by atoms with E-state index in [1.165, 1.54) is 0 Å². The zero-order valence-electron chi connectivity index (χ0n) is 11.6. The molecule has 106 valence electrons. The summed E-state index contributed by atoms with van der Waals surface area (Å²) in [5, 5.41) is 13.5. The van der Waals surface area contributed by atoms with Crippen LogP contribution in [0.5, 0.6) is 5.75 Å². The van der Waals surface area contributed by atoms with E-state index in [9.17, 15) is 5.11 Å². The van der Waals surface area contributed by atoms with Crippen molar-refractivity contribution in [2.75, 3.05) is 39.8 Å². The van der Waals surface area contributed by atoms with Gasteiger partial charge in [-0.05, 0) is 37.1 Å². The van der Waals surface area contributed by atoms with Crippen LogP contribution in [0, 0.1) is 0 Å². The van der Waals surface area contributed by atoms with Gasteiger partial charge in [-0.25, -0.2) is 0 Å². The van der Waals surface area contributed by atoms with Crippen LogP contribution in [0.15, 0.2) is 24.3 Å². The fraction of sp³-hybridized carbons (Fsp3) is 0.600. The Balaban J connectivity index is 1.72. The SMILES string of the molecule is COc1ccc(C(O)CCCN2CCNCC2)cc1. The van der Waals surface area contributed by atoms with Crippen LogP contribution in [0.3, 0.4) is 0 Å². The van der Waals surface area contributed by atoms with Crippen molar-refractivity contribution < 1.29 is 9.84 Å². The number of ether oxygens (including phenoxy) is 1. The molecule has 1 aliphatic rings. The van der Waals surface area contributed by atoms with E-state index in [1.54, 1.807) is 7.11 Å². The van der Waals surface area contributed by atoms with Crippen LogP contribution < -0.4 is 10.1 Å². The summed E-state index contributed by atoms with van der Waals surface area (Å²) in [5.41, 5.74) is 0.973. The second-order valence-electron chi connectivity index (χ2n) is 5.02. The van der Waals surface area contributed by atoms with Gasteiger partial charge in [-0.3, -0.25) is 0 Å². The first-order valence-corrected chi connectivity index (χ1v) is 7.04. The first kappa shape index (κ1) is 14.3. The minimum absolute atomic E-state index is 0.367. The van der Waals surface area contributed by atoms with Crippen LogP contribution in [0.4, 0.5) is 0 Å². The van der Waals surface area contributed by atoms with E-state index >= 15 is 0 Å². The number of nitrogens with one attached hydrogen (secondary N) is 1. The van der Waals surface area contributed by atoms with E-state index < -0.39 is 0 Å². The summed E-state index contributed by atoms with van der Waals surface area (Å²) < 4.78 is 5.12. The fourth-order valence-electron chi connectivity index (χ4n) is 2.44. The average molecular weight is 264 g/mol. The van der Waals surface area contributed by atoms with Crippen molar-refractivity contribution in [2.24, 2.45) is 0 Å². The van der Waals surface area contributed by atoms with Gasteiger partial charge in [0.1, 0.15) is 5.75 Å². The van der Waals surface area contributed by atoms with Crippen molar-refractivity contribution in [1.82, 2.24) is 10.2 Å². The van der Waals surface area contributed by atoms with Gasteiger partial charge in [-0.2, -0.15) is 0 Å². The molecule has 0 bridgehead atoms. The van der Waals surface area contributed by atoms with E-state index in [0.29, 0.717) is 0 Å². The molecule has 1 fully saturated rings. The number of benzene rings is 1. The van der Waals surface area contributed by atoms with E-state index in [4.69, 9.17) is 4.74 Å². The molecule has 0 spiro atoms. The molecule has 0 saturated carbocycles. The molecule has 1 aromatic rings. The topological polar surface area (TPSA) is 44.7 Å². The standard InChI is InChI=1S/C15H24N2O2/c1-19-14-6-4-13(5-7-14)15(18)3-2-10-17-11-8-16-9-12-17/h4-7,15-16,18H,2-3,8-12H2,1H3. The van der Waals surface area contributed by atoms with Crippen LogP contribution in [0.25, 0.3) is 0 Å². The number of nitrogens with zero attached hydrogens (tertiary/aromatic N) is 1. The Labute approximate surface area is 115 Å². The lowest BCUT2D eigenvalue weighted by Gasteiger charge is -2.27. The molecule has 4 heteroatoms. The highest BCUT2D eigenvalue weighted by Gasteiger charge is 2.11. The second-order valence-corrected chi connectivity index (χ2v) is 5.02. The molecule has 0 aliphatic carbocycles. The van der Waals surface area contributed by atoms with Gasteiger partial charge in [0.25, 0.3) is 0 Å². The van der Waals surface area contributed by atoms with Gasteiger partial charge in [-0.15, -0.1) is 0 Å². The van der Waals surface area contributed by atoms with Gasteiger partial charge in [0, 0.05) is 26.2 Å². The lowest BCUT2D eigenvalue weighted by molar-refractivity contribution is 0.152. The van der Waals surface area contributed by atoms with Crippen LogP contribution in [0.2, 0.25) is 0 Å². The third-order valence-corrected chi connectivity index (χ3v) is 3.66. The predicted molar refractivity (Wildman–Crippen MR) is 76.5 cm³/mol. The maximum absolute atomic E-state index is 10.1. The highest BCUT2D eigenvalue weighted by Crippen LogP contribution is 2.21. The summed E-state index contributed by atoms with van der Waals surface area (Å²) in [6.07, 6.45) is 1.48. The summed E-state index contributed by atoms with van der Waals surface area (Å²) in [6, 6.07) is 7.67. The first-order valence-electron chi connectivity index (χ1n) is 7.04. The van der Waals surface area contributed by atoms with Gasteiger partial charge in [-0.1, -0.05) is 12.1 Å². The molecule has 0 aromatic heterocycles. The molecular weight excluding hydrogens is 240 g/mol. The van der Waals surface area contributed by atoms with Gasteiger partial charge >= 0.3 is 0 Å². The van der Waals surface area contributed by atoms with Crippen LogP contribution >= 0.6 is 0 Å². The summed E-state index contributed by atoms with van der Waals surface area (Å²) in [6.45, 7) is 5.49. The number of hydrogen-bond donors (Lipinski definition) is 2. The average Bonchev–Trinajstić information content (AvgIpc) is 2.48. The number of hydrogen-bond acceptors (Lipinski definition) is 4. The van der Waals surface area contributed by atoms with Crippen LogP contribution in [-0.4, -0.2) is 49.8 Å². The van der Waals surface area contributed by atoms with E-state index in [0.717, 1.165) is 56.9 Å². The second kappa shape index (κ2) is 7.48. The quantitative estimate of drug-likeness (QED) is 0.815. The summed E-state index contributed by atoms with van der Waals surface area (Å²) in [4.78, 5) is 2.46. The smallest absolute Gasteiger partial charge is 0.118 e. The molecule has 1 unspecified atom stereocenters. The summed E-state index contributed by atoms with van der Waals surface area (Å²) in [7, 11) is 1.65. The van der Waals surface area contributed by atoms with Crippen molar-refractivity contribution in [3.05, 3.63) is 29.8 Å². The highest BCUT2D eigenvalue weighted by atomic mass is 16.5. The zero-order valence-corrected chi connectivity index (χ0v) is 11.6. The molecule has 19 heavy (non-hydrogen) atoms. The van der Waals surface area contributed by atoms with Crippen molar-refractivity contribution >= 4 is 0 Å². The number of rotatable bonds is 6. The third-order valence-electron chi connectivity index (χ3n) is 3.66. The van der Waals surface area contributed by atoms with Crippen LogP contribution in [0.1, 0.15) is 24.5 Å². The molecular formula is C15H24N2O2. The van der Waals surface area contributed by atoms with Gasteiger partial charge < -0.3 is 20.1 Å².